The van der Waals surface area contributed by atoms with Crippen molar-refractivity contribution in [1.82, 2.24) is 15.1 Å². The molecule has 2 aliphatic rings. The molecule has 2 saturated heterocycles. The zero-order chi connectivity index (χ0) is 13.7. The minimum absolute atomic E-state index is 0.715. The van der Waals surface area contributed by atoms with Crippen LogP contribution in [0, 0.1) is 5.92 Å². The molecule has 0 aromatic carbocycles. The molecule has 0 radical (unpaired) electrons. The molecule has 1 N–H and O–H groups in total. The summed E-state index contributed by atoms with van der Waals surface area (Å²) in [6.07, 6.45) is 5.43. The van der Waals surface area contributed by atoms with Crippen molar-refractivity contribution in [3.63, 3.8) is 0 Å². The number of hydrogen-bond donors (Lipinski definition) is 1. The highest BCUT2D eigenvalue weighted by atomic mass is 15.3. The lowest BCUT2D eigenvalue weighted by Crippen LogP contribution is -2.49. The van der Waals surface area contributed by atoms with Crippen molar-refractivity contribution in [2.45, 2.75) is 58.5 Å². The van der Waals surface area contributed by atoms with Gasteiger partial charge >= 0.3 is 0 Å². The summed E-state index contributed by atoms with van der Waals surface area (Å²) in [5, 5.41) is 3.64. The first kappa shape index (κ1) is 15.3. The highest BCUT2D eigenvalue weighted by molar-refractivity contribution is 4.88. The van der Waals surface area contributed by atoms with E-state index < -0.39 is 0 Å². The van der Waals surface area contributed by atoms with Crippen molar-refractivity contribution in [3.05, 3.63) is 0 Å². The van der Waals surface area contributed by atoms with Gasteiger partial charge in [-0.2, -0.15) is 0 Å². The Morgan fingerprint density at radius 1 is 1.16 bits per heavy atom. The molecule has 2 atom stereocenters. The van der Waals surface area contributed by atoms with Crippen LogP contribution in [0.3, 0.4) is 0 Å². The molecule has 0 saturated carbocycles. The minimum Gasteiger partial charge on any atom is -0.315 e. The SMILES string of the molecule is CCCNCC(C(C)C)N1CCCN2CCCC2C1. The van der Waals surface area contributed by atoms with E-state index in [4.69, 9.17) is 0 Å². The molecule has 2 fully saturated rings. The molecule has 3 nitrogen and oxygen atoms in total. The topological polar surface area (TPSA) is 18.5 Å². The standard InChI is InChI=1S/C16H33N3/c1-4-8-17-12-16(14(2)3)19-11-6-10-18-9-5-7-15(18)13-19/h14-17H,4-13H2,1-3H3. The molecule has 2 heterocycles. The first-order chi connectivity index (χ1) is 9.22. The fourth-order valence-electron chi connectivity index (χ4n) is 3.75. The Labute approximate surface area is 119 Å². The second-order valence-corrected chi connectivity index (χ2v) is 6.70. The van der Waals surface area contributed by atoms with E-state index in [0.29, 0.717) is 6.04 Å². The van der Waals surface area contributed by atoms with Crippen molar-refractivity contribution in [2.75, 3.05) is 39.3 Å². The predicted octanol–water partition coefficient (Wildman–Crippen LogP) is 2.18. The smallest absolute Gasteiger partial charge is 0.0244 e. The van der Waals surface area contributed by atoms with Crippen LogP contribution in [0.4, 0.5) is 0 Å². The van der Waals surface area contributed by atoms with Crippen molar-refractivity contribution >= 4 is 0 Å². The molecule has 0 aromatic heterocycles. The first-order valence-corrected chi connectivity index (χ1v) is 8.41. The largest absolute Gasteiger partial charge is 0.315 e. The van der Waals surface area contributed by atoms with Crippen molar-refractivity contribution in [1.29, 1.82) is 0 Å². The molecule has 19 heavy (non-hydrogen) atoms. The molecule has 2 rings (SSSR count). The Bertz CT molecular complexity index is 254. The number of nitrogens with one attached hydrogen (secondary N) is 1. The summed E-state index contributed by atoms with van der Waals surface area (Å²) >= 11 is 0. The maximum absolute atomic E-state index is 3.64. The Balaban J connectivity index is 1.91. The maximum Gasteiger partial charge on any atom is 0.0244 e. The lowest BCUT2D eigenvalue weighted by molar-refractivity contribution is 0.137. The van der Waals surface area contributed by atoms with Crippen LogP contribution in [0.15, 0.2) is 0 Å². The van der Waals surface area contributed by atoms with E-state index in [9.17, 15) is 0 Å². The second-order valence-electron chi connectivity index (χ2n) is 6.70. The van der Waals surface area contributed by atoms with Crippen LogP contribution >= 0.6 is 0 Å². The molecule has 2 unspecified atom stereocenters. The van der Waals surface area contributed by atoms with Gasteiger partial charge in [-0.05, 0) is 57.8 Å². The molecule has 2 aliphatic heterocycles. The third-order valence-electron chi connectivity index (χ3n) is 4.85. The second kappa shape index (κ2) is 7.61. The summed E-state index contributed by atoms with van der Waals surface area (Å²) in [5.74, 6) is 0.748. The summed E-state index contributed by atoms with van der Waals surface area (Å²) in [7, 11) is 0. The number of rotatable bonds is 6. The van der Waals surface area contributed by atoms with Crippen LogP contribution in [-0.2, 0) is 0 Å². The average Bonchev–Trinajstić information content (AvgIpc) is 2.72. The van der Waals surface area contributed by atoms with E-state index in [0.717, 1.165) is 25.0 Å². The summed E-state index contributed by atoms with van der Waals surface area (Å²) in [4.78, 5) is 5.51. The van der Waals surface area contributed by atoms with Crippen LogP contribution in [0.5, 0.6) is 0 Å². The molecule has 0 spiro atoms. The van der Waals surface area contributed by atoms with Gasteiger partial charge in [0, 0.05) is 25.2 Å². The van der Waals surface area contributed by atoms with Gasteiger partial charge in [0.25, 0.3) is 0 Å². The van der Waals surface area contributed by atoms with Gasteiger partial charge in [-0.15, -0.1) is 0 Å². The van der Waals surface area contributed by atoms with Crippen LogP contribution in [0.25, 0.3) is 0 Å². The van der Waals surface area contributed by atoms with E-state index in [1.165, 1.54) is 51.9 Å². The van der Waals surface area contributed by atoms with Gasteiger partial charge in [-0.3, -0.25) is 9.80 Å². The molecule has 0 amide bonds. The zero-order valence-electron chi connectivity index (χ0n) is 13.2. The quantitative estimate of drug-likeness (QED) is 0.744. The van der Waals surface area contributed by atoms with Crippen molar-refractivity contribution in [2.24, 2.45) is 5.92 Å². The van der Waals surface area contributed by atoms with E-state index in [1.54, 1.807) is 0 Å². The Hall–Kier alpha value is -0.120. The third kappa shape index (κ3) is 4.17. The summed E-state index contributed by atoms with van der Waals surface area (Å²) in [6, 6.07) is 1.56. The van der Waals surface area contributed by atoms with Gasteiger partial charge in [-0.1, -0.05) is 20.8 Å². The van der Waals surface area contributed by atoms with Crippen molar-refractivity contribution < 1.29 is 0 Å². The summed E-state index contributed by atoms with van der Waals surface area (Å²) in [6.45, 7) is 14.6. The van der Waals surface area contributed by atoms with E-state index in [-0.39, 0.29) is 0 Å². The first-order valence-electron chi connectivity index (χ1n) is 8.41. The van der Waals surface area contributed by atoms with Crippen molar-refractivity contribution in [3.8, 4) is 0 Å². The van der Waals surface area contributed by atoms with E-state index >= 15 is 0 Å². The summed E-state index contributed by atoms with van der Waals surface area (Å²) in [5.41, 5.74) is 0. The van der Waals surface area contributed by atoms with Gasteiger partial charge in [0.1, 0.15) is 0 Å². The Kier molecular flexibility index (Phi) is 6.11. The summed E-state index contributed by atoms with van der Waals surface area (Å²) < 4.78 is 0. The normalized spacial score (nSPS) is 27.5. The van der Waals surface area contributed by atoms with Gasteiger partial charge in [-0.25, -0.2) is 0 Å². The van der Waals surface area contributed by atoms with Gasteiger partial charge in [0.2, 0.25) is 0 Å². The van der Waals surface area contributed by atoms with Crippen LogP contribution in [0.2, 0.25) is 0 Å². The predicted molar refractivity (Wildman–Crippen MR) is 82.6 cm³/mol. The van der Waals surface area contributed by atoms with E-state index in [2.05, 4.69) is 35.9 Å². The fraction of sp³-hybridized carbons (Fsp3) is 1.00. The van der Waals surface area contributed by atoms with E-state index in [1.807, 2.05) is 0 Å². The van der Waals surface area contributed by atoms with Gasteiger partial charge in [0.05, 0.1) is 0 Å². The van der Waals surface area contributed by atoms with Gasteiger partial charge < -0.3 is 5.32 Å². The molecule has 0 aliphatic carbocycles. The molecular formula is C16H33N3. The third-order valence-corrected chi connectivity index (χ3v) is 4.85. The minimum atomic E-state index is 0.715. The van der Waals surface area contributed by atoms with Gasteiger partial charge in [0.15, 0.2) is 0 Å². The van der Waals surface area contributed by atoms with Crippen LogP contribution in [-0.4, -0.2) is 61.2 Å². The molecule has 112 valence electrons. The molecular weight excluding hydrogens is 234 g/mol. The lowest BCUT2D eigenvalue weighted by Gasteiger charge is -2.35. The average molecular weight is 267 g/mol. The molecule has 3 heteroatoms. The van der Waals surface area contributed by atoms with Crippen LogP contribution in [0.1, 0.15) is 46.5 Å². The molecule has 0 aromatic rings. The molecule has 0 bridgehead atoms. The number of hydrogen-bond acceptors (Lipinski definition) is 3. The lowest BCUT2D eigenvalue weighted by atomic mass is 10.0. The fourth-order valence-corrected chi connectivity index (χ4v) is 3.75. The van der Waals surface area contributed by atoms with Crippen LogP contribution < -0.4 is 5.32 Å². The highest BCUT2D eigenvalue weighted by Gasteiger charge is 2.32. The Morgan fingerprint density at radius 3 is 2.68 bits per heavy atom. The maximum atomic E-state index is 3.64. The highest BCUT2D eigenvalue weighted by Crippen LogP contribution is 2.23. The Morgan fingerprint density at radius 2 is 1.95 bits per heavy atom. The number of nitrogens with zero attached hydrogens (tertiary/aromatic N) is 2. The monoisotopic (exact) mass is 267 g/mol. The number of fused-ring (bicyclic) bond motifs is 1. The zero-order valence-corrected chi connectivity index (χ0v) is 13.2.